The molecule has 2 aliphatic heterocycles. The van der Waals surface area contributed by atoms with Gasteiger partial charge in [0, 0.05) is 32.1 Å². The summed E-state index contributed by atoms with van der Waals surface area (Å²) in [6.07, 6.45) is 2.93. The fourth-order valence-electron chi connectivity index (χ4n) is 3.63. The highest BCUT2D eigenvalue weighted by Gasteiger charge is 2.39. The van der Waals surface area contributed by atoms with E-state index in [0.29, 0.717) is 37.5 Å². The summed E-state index contributed by atoms with van der Waals surface area (Å²) in [5.41, 5.74) is 1.69. The molecule has 3 heterocycles. The van der Waals surface area contributed by atoms with E-state index in [0.717, 1.165) is 28.3 Å². The fourth-order valence-corrected chi connectivity index (χ4v) is 5.02. The van der Waals surface area contributed by atoms with Crippen LogP contribution in [0.25, 0.3) is 0 Å². The molecule has 0 N–H and O–H groups in total. The summed E-state index contributed by atoms with van der Waals surface area (Å²) < 4.78 is 4.95. The van der Waals surface area contributed by atoms with Gasteiger partial charge in [-0.2, -0.15) is 0 Å². The molecule has 8 heteroatoms. The molecule has 0 atom stereocenters. The third-order valence-electron chi connectivity index (χ3n) is 5.28. The third kappa shape index (κ3) is 3.01. The van der Waals surface area contributed by atoms with Crippen molar-refractivity contribution in [3.8, 4) is 0 Å². The Morgan fingerprint density at radius 3 is 2.73 bits per heavy atom. The van der Waals surface area contributed by atoms with E-state index in [1.807, 2.05) is 4.90 Å². The zero-order valence-electron chi connectivity index (χ0n) is 15.1. The van der Waals surface area contributed by atoms with Gasteiger partial charge < -0.3 is 19.4 Å². The minimum Gasteiger partial charge on any atom is -0.375 e. The lowest BCUT2D eigenvalue weighted by molar-refractivity contribution is -0.136. The van der Waals surface area contributed by atoms with Gasteiger partial charge in [-0.3, -0.25) is 14.4 Å². The molecule has 1 aromatic rings. The van der Waals surface area contributed by atoms with Crippen molar-refractivity contribution in [3.05, 3.63) is 16.0 Å². The number of anilines is 1. The van der Waals surface area contributed by atoms with Crippen LogP contribution in [0.1, 0.15) is 33.6 Å². The predicted molar refractivity (Wildman–Crippen MR) is 97.4 cm³/mol. The number of hydrogen-bond acceptors (Lipinski definition) is 5. The summed E-state index contributed by atoms with van der Waals surface area (Å²) in [5, 5.41) is 0.780. The van der Waals surface area contributed by atoms with Crippen molar-refractivity contribution in [2.75, 3.05) is 45.3 Å². The molecule has 140 valence electrons. The Labute approximate surface area is 156 Å². The van der Waals surface area contributed by atoms with E-state index in [9.17, 15) is 14.4 Å². The molecule has 1 aliphatic carbocycles. The molecule has 7 nitrogen and oxygen atoms in total. The Morgan fingerprint density at radius 2 is 2.04 bits per heavy atom. The van der Waals surface area contributed by atoms with Crippen molar-refractivity contribution in [3.63, 3.8) is 0 Å². The maximum atomic E-state index is 12.9. The second kappa shape index (κ2) is 6.66. The molecule has 0 spiro atoms. The quantitative estimate of drug-likeness (QED) is 0.788. The number of rotatable bonds is 4. The van der Waals surface area contributed by atoms with Crippen LogP contribution >= 0.6 is 11.3 Å². The van der Waals surface area contributed by atoms with Gasteiger partial charge in [-0.15, -0.1) is 11.3 Å². The fraction of sp³-hybridized carbons (Fsp3) is 0.611. The van der Waals surface area contributed by atoms with Crippen molar-refractivity contribution >= 4 is 34.1 Å². The van der Waals surface area contributed by atoms with E-state index in [-0.39, 0.29) is 30.9 Å². The third-order valence-corrected chi connectivity index (χ3v) is 6.52. The standard InChI is InChI=1S/C18H23N3O4S/c1-19-9-14(22)21(7-11-3-4-11)18-16(17(19)24)12-5-6-20(8-13(12)26-18)15(23)10-25-2/h11H,3-10H2,1-2H3. The first-order valence-electron chi connectivity index (χ1n) is 8.96. The van der Waals surface area contributed by atoms with E-state index in [4.69, 9.17) is 4.74 Å². The van der Waals surface area contributed by atoms with Gasteiger partial charge in [-0.25, -0.2) is 0 Å². The maximum absolute atomic E-state index is 12.9. The molecule has 0 unspecified atom stereocenters. The number of carbonyl (C=O) groups excluding carboxylic acids is 3. The number of thiophene rings is 1. The zero-order valence-corrected chi connectivity index (χ0v) is 15.9. The molecule has 0 bridgehead atoms. The molecule has 0 radical (unpaired) electrons. The molecule has 3 aliphatic rings. The van der Waals surface area contributed by atoms with Crippen LogP contribution in [0.2, 0.25) is 0 Å². The van der Waals surface area contributed by atoms with Gasteiger partial charge in [0.15, 0.2) is 0 Å². The van der Waals surface area contributed by atoms with Crippen molar-refractivity contribution in [1.29, 1.82) is 0 Å². The zero-order chi connectivity index (χ0) is 18.4. The lowest BCUT2D eigenvalue weighted by atomic mass is 10.0. The first-order chi connectivity index (χ1) is 12.5. The lowest BCUT2D eigenvalue weighted by Crippen LogP contribution is -2.39. The van der Waals surface area contributed by atoms with Crippen LogP contribution in [0.15, 0.2) is 0 Å². The number of likely N-dealkylation sites (N-methyl/N-ethyl adjacent to an activating group) is 1. The van der Waals surface area contributed by atoms with E-state index in [1.54, 1.807) is 11.9 Å². The second-order valence-electron chi connectivity index (χ2n) is 7.29. The number of hydrogen-bond donors (Lipinski definition) is 0. The van der Waals surface area contributed by atoms with Crippen molar-refractivity contribution < 1.29 is 19.1 Å². The van der Waals surface area contributed by atoms with Crippen LogP contribution in [-0.2, 0) is 27.3 Å². The smallest absolute Gasteiger partial charge is 0.257 e. The molecule has 1 saturated carbocycles. The second-order valence-corrected chi connectivity index (χ2v) is 8.37. The van der Waals surface area contributed by atoms with Gasteiger partial charge in [-0.1, -0.05) is 0 Å². The van der Waals surface area contributed by atoms with Gasteiger partial charge in [0.1, 0.15) is 18.2 Å². The Morgan fingerprint density at radius 1 is 1.27 bits per heavy atom. The van der Waals surface area contributed by atoms with Gasteiger partial charge in [0.25, 0.3) is 5.91 Å². The van der Waals surface area contributed by atoms with Crippen LogP contribution in [0.5, 0.6) is 0 Å². The van der Waals surface area contributed by atoms with Gasteiger partial charge >= 0.3 is 0 Å². The highest BCUT2D eigenvalue weighted by molar-refractivity contribution is 7.17. The first-order valence-corrected chi connectivity index (χ1v) is 9.78. The number of carbonyl (C=O) groups is 3. The normalized spacial score (nSPS) is 20.2. The van der Waals surface area contributed by atoms with Crippen molar-refractivity contribution in [2.45, 2.75) is 25.8 Å². The Hall–Kier alpha value is -1.93. The van der Waals surface area contributed by atoms with Crippen LogP contribution in [0, 0.1) is 5.92 Å². The van der Waals surface area contributed by atoms with Crippen LogP contribution in [-0.4, -0.2) is 67.9 Å². The average Bonchev–Trinajstić information content (AvgIpc) is 3.37. The van der Waals surface area contributed by atoms with E-state index in [2.05, 4.69) is 0 Å². The van der Waals surface area contributed by atoms with Crippen molar-refractivity contribution in [2.24, 2.45) is 5.92 Å². The minimum absolute atomic E-state index is 0.0163. The maximum Gasteiger partial charge on any atom is 0.257 e. The topological polar surface area (TPSA) is 70.2 Å². The van der Waals surface area contributed by atoms with Gasteiger partial charge in [-0.05, 0) is 30.7 Å². The SMILES string of the molecule is COCC(=O)N1CCc2c(sc3c2C(=O)N(C)CC(=O)N3CC2CC2)C1. The number of ether oxygens (including phenoxy) is 1. The molecule has 3 amide bonds. The highest BCUT2D eigenvalue weighted by atomic mass is 32.1. The summed E-state index contributed by atoms with van der Waals surface area (Å²) in [4.78, 5) is 43.9. The summed E-state index contributed by atoms with van der Waals surface area (Å²) >= 11 is 1.50. The van der Waals surface area contributed by atoms with Crippen LogP contribution in [0.4, 0.5) is 5.00 Å². The Kier molecular flexibility index (Phi) is 4.48. The van der Waals surface area contributed by atoms with Gasteiger partial charge in [0.2, 0.25) is 11.8 Å². The number of fused-ring (bicyclic) bond motifs is 3. The van der Waals surface area contributed by atoms with E-state index < -0.39 is 0 Å². The molecule has 0 aromatic carbocycles. The molecule has 1 aromatic heterocycles. The number of nitrogens with zero attached hydrogens (tertiary/aromatic N) is 3. The Bertz CT molecular complexity index is 771. The monoisotopic (exact) mass is 377 g/mol. The van der Waals surface area contributed by atoms with E-state index in [1.165, 1.54) is 23.3 Å². The highest BCUT2D eigenvalue weighted by Crippen LogP contribution is 2.43. The predicted octanol–water partition coefficient (Wildman–Crippen LogP) is 1.11. The molecular weight excluding hydrogens is 354 g/mol. The van der Waals surface area contributed by atoms with Crippen LogP contribution < -0.4 is 4.90 Å². The minimum atomic E-state index is -0.0826. The first kappa shape index (κ1) is 17.5. The molecule has 1 fully saturated rings. The van der Waals surface area contributed by atoms with Gasteiger partial charge in [0.05, 0.1) is 12.1 Å². The van der Waals surface area contributed by atoms with Crippen LogP contribution in [0.3, 0.4) is 0 Å². The molecular formula is C18H23N3O4S. The number of methoxy groups -OCH3 is 1. The molecule has 26 heavy (non-hydrogen) atoms. The lowest BCUT2D eigenvalue weighted by Gasteiger charge is -2.27. The Balaban J connectivity index is 1.71. The average molecular weight is 377 g/mol. The summed E-state index contributed by atoms with van der Waals surface area (Å²) in [5.74, 6) is 0.401. The summed E-state index contributed by atoms with van der Waals surface area (Å²) in [6.45, 7) is 1.94. The van der Waals surface area contributed by atoms with E-state index >= 15 is 0 Å². The van der Waals surface area contributed by atoms with Crippen molar-refractivity contribution in [1.82, 2.24) is 9.80 Å². The molecule has 4 rings (SSSR count). The summed E-state index contributed by atoms with van der Waals surface area (Å²) in [7, 11) is 3.20. The largest absolute Gasteiger partial charge is 0.375 e. The molecule has 0 saturated heterocycles. The number of amides is 3. The summed E-state index contributed by atoms with van der Waals surface area (Å²) in [6, 6.07) is 0.